The summed E-state index contributed by atoms with van der Waals surface area (Å²) in [6.07, 6.45) is 9.53. The zero-order chi connectivity index (χ0) is 23.1. The molecule has 0 aromatic carbocycles. The van der Waals surface area contributed by atoms with Gasteiger partial charge in [0.2, 0.25) is 0 Å². The van der Waals surface area contributed by atoms with Crippen molar-refractivity contribution >= 4 is 14.3 Å². The topological polar surface area (TPSA) is 85.2 Å². The third-order valence-corrected chi connectivity index (χ3v) is 11.7. The molecule has 2 unspecified atom stereocenters. The lowest BCUT2D eigenvalue weighted by Gasteiger charge is -2.38. The lowest BCUT2D eigenvalue weighted by molar-refractivity contribution is -0.197. The van der Waals surface area contributed by atoms with Crippen LogP contribution in [0.5, 0.6) is 0 Å². The first kappa shape index (κ1) is 26.5. The fourth-order valence-corrected chi connectivity index (χ4v) is 5.19. The first-order valence-corrected chi connectivity index (χ1v) is 14.9. The summed E-state index contributed by atoms with van der Waals surface area (Å²) in [5, 5.41) is 19.7. The fraction of sp³-hybridized carbons (Fsp3) is 0.875. The molecule has 0 radical (unpaired) electrons. The molecule has 1 saturated heterocycles. The maximum Gasteiger partial charge on any atom is 0.303 e. The minimum atomic E-state index is -1.91. The van der Waals surface area contributed by atoms with Gasteiger partial charge >= 0.3 is 5.97 Å². The molecule has 2 N–H and O–H groups in total. The van der Waals surface area contributed by atoms with Gasteiger partial charge in [0.25, 0.3) is 0 Å². The molecule has 0 spiro atoms. The van der Waals surface area contributed by atoms with Crippen LogP contribution in [0.3, 0.4) is 0 Å². The second-order valence-corrected chi connectivity index (χ2v) is 15.5. The Morgan fingerprint density at radius 3 is 2.55 bits per heavy atom. The largest absolute Gasteiger partial charge is 0.481 e. The van der Waals surface area contributed by atoms with E-state index in [2.05, 4.69) is 39.9 Å². The molecular formula is C24H44O6Si. The van der Waals surface area contributed by atoms with E-state index in [4.69, 9.17) is 19.0 Å². The Labute approximate surface area is 189 Å². The number of carbonyl (C=O) groups is 1. The molecular weight excluding hydrogens is 412 g/mol. The summed E-state index contributed by atoms with van der Waals surface area (Å²) in [6, 6.07) is 0. The highest BCUT2D eigenvalue weighted by molar-refractivity contribution is 6.74. The monoisotopic (exact) mass is 456 g/mol. The number of hydrogen-bond donors (Lipinski definition) is 2. The summed E-state index contributed by atoms with van der Waals surface area (Å²) in [5.41, 5.74) is 0. The van der Waals surface area contributed by atoms with Gasteiger partial charge in [-0.25, -0.2) is 0 Å². The third kappa shape index (κ3) is 8.28. The Bertz CT molecular complexity index is 579. The Hall–Kier alpha value is -0.733. The van der Waals surface area contributed by atoms with Crippen molar-refractivity contribution < 1.29 is 28.9 Å². The van der Waals surface area contributed by atoms with E-state index in [0.29, 0.717) is 19.4 Å². The number of ether oxygens (including phenoxy) is 2. The van der Waals surface area contributed by atoms with E-state index in [-0.39, 0.29) is 35.7 Å². The summed E-state index contributed by atoms with van der Waals surface area (Å²) in [6.45, 7) is 12.6. The maximum absolute atomic E-state index is 10.8. The van der Waals surface area contributed by atoms with Gasteiger partial charge in [-0.2, -0.15) is 0 Å². The van der Waals surface area contributed by atoms with Crippen LogP contribution in [-0.4, -0.2) is 56.2 Å². The lowest BCUT2D eigenvalue weighted by Crippen LogP contribution is -2.44. The Morgan fingerprint density at radius 1 is 1.19 bits per heavy atom. The van der Waals surface area contributed by atoms with E-state index in [1.165, 1.54) is 0 Å². The molecule has 5 atom stereocenters. The molecule has 31 heavy (non-hydrogen) atoms. The SMILES string of the molecule is CC(C)(C)[Si](C)(C)OC[C@H]1[C@H](OC2CCCCO2)CC(O)[C@@H]1CC=CCCCC(=O)O. The van der Waals surface area contributed by atoms with Gasteiger partial charge in [-0.1, -0.05) is 32.9 Å². The average molecular weight is 457 g/mol. The highest BCUT2D eigenvalue weighted by atomic mass is 28.4. The van der Waals surface area contributed by atoms with Crippen LogP contribution in [0.2, 0.25) is 18.1 Å². The molecule has 180 valence electrons. The summed E-state index contributed by atoms with van der Waals surface area (Å²) >= 11 is 0. The van der Waals surface area contributed by atoms with E-state index < -0.39 is 20.4 Å². The Kier molecular flexibility index (Phi) is 10.2. The van der Waals surface area contributed by atoms with Crippen LogP contribution in [0.1, 0.15) is 72.1 Å². The third-order valence-electron chi connectivity index (χ3n) is 7.24. The van der Waals surface area contributed by atoms with Crippen molar-refractivity contribution in [1.29, 1.82) is 0 Å². The van der Waals surface area contributed by atoms with Crippen molar-refractivity contribution in [2.45, 2.75) is 109 Å². The van der Waals surface area contributed by atoms with Crippen molar-refractivity contribution in [2.24, 2.45) is 11.8 Å². The van der Waals surface area contributed by atoms with E-state index in [1.807, 2.05) is 6.08 Å². The number of aliphatic hydroxyl groups is 1. The summed E-state index contributed by atoms with van der Waals surface area (Å²) in [7, 11) is -1.91. The second kappa shape index (κ2) is 11.9. The van der Waals surface area contributed by atoms with Gasteiger partial charge in [0.05, 0.1) is 12.2 Å². The van der Waals surface area contributed by atoms with Gasteiger partial charge in [0.15, 0.2) is 14.6 Å². The van der Waals surface area contributed by atoms with E-state index in [9.17, 15) is 9.90 Å². The molecule has 1 aliphatic carbocycles. The van der Waals surface area contributed by atoms with Crippen LogP contribution < -0.4 is 0 Å². The van der Waals surface area contributed by atoms with Crippen LogP contribution in [0.25, 0.3) is 0 Å². The van der Waals surface area contributed by atoms with E-state index >= 15 is 0 Å². The number of carboxylic acid groups (broad SMARTS) is 1. The van der Waals surface area contributed by atoms with Gasteiger partial charge < -0.3 is 24.1 Å². The lowest BCUT2D eigenvalue weighted by atomic mass is 9.91. The predicted molar refractivity (Wildman–Crippen MR) is 124 cm³/mol. The summed E-state index contributed by atoms with van der Waals surface area (Å²) in [5.74, 6) is -0.556. The van der Waals surface area contributed by atoms with Gasteiger partial charge in [0, 0.05) is 32.0 Å². The van der Waals surface area contributed by atoms with Crippen molar-refractivity contribution in [3.63, 3.8) is 0 Å². The fourth-order valence-electron chi connectivity index (χ4n) is 4.14. The smallest absolute Gasteiger partial charge is 0.303 e. The molecule has 6 nitrogen and oxygen atoms in total. The predicted octanol–water partition coefficient (Wildman–Crippen LogP) is 5.12. The molecule has 0 bridgehead atoms. The van der Waals surface area contributed by atoms with Crippen molar-refractivity contribution in [1.82, 2.24) is 0 Å². The standard InChI is InChI=1S/C24H44O6Si/c1-24(2,3)31(4,5)29-17-19-18(12-8-6-7-9-13-22(26)27)20(25)16-21(19)30-23-14-10-11-15-28-23/h6,8,18-21,23,25H,7,9-17H2,1-5H3,(H,26,27)/t18-,19-,20?,21-,23?/m1/s1. The van der Waals surface area contributed by atoms with Crippen LogP contribution in [-0.2, 0) is 18.7 Å². The molecule has 1 aliphatic heterocycles. The molecule has 2 rings (SSSR count). The number of rotatable bonds is 11. The van der Waals surface area contributed by atoms with Crippen molar-refractivity contribution in [3.8, 4) is 0 Å². The van der Waals surface area contributed by atoms with Gasteiger partial charge in [-0.3, -0.25) is 4.79 Å². The molecule has 2 fully saturated rings. The number of allylic oxidation sites excluding steroid dienone is 2. The Morgan fingerprint density at radius 2 is 1.94 bits per heavy atom. The molecule has 1 heterocycles. The first-order valence-electron chi connectivity index (χ1n) is 12.0. The van der Waals surface area contributed by atoms with Crippen molar-refractivity contribution in [3.05, 3.63) is 12.2 Å². The maximum atomic E-state index is 10.8. The quantitative estimate of drug-likeness (QED) is 0.255. The highest BCUT2D eigenvalue weighted by Gasteiger charge is 2.46. The number of aliphatic hydroxyl groups excluding tert-OH is 1. The average Bonchev–Trinajstić information content (AvgIpc) is 2.97. The number of unbranched alkanes of at least 4 members (excludes halogenated alkanes) is 1. The first-order chi connectivity index (χ1) is 14.5. The van der Waals surface area contributed by atoms with E-state index in [0.717, 1.165) is 38.7 Å². The van der Waals surface area contributed by atoms with E-state index in [1.54, 1.807) is 0 Å². The molecule has 0 aromatic rings. The molecule has 0 amide bonds. The molecule has 7 heteroatoms. The molecule has 1 saturated carbocycles. The summed E-state index contributed by atoms with van der Waals surface area (Å²) < 4.78 is 18.7. The zero-order valence-corrected chi connectivity index (χ0v) is 21.1. The van der Waals surface area contributed by atoms with Crippen molar-refractivity contribution in [2.75, 3.05) is 13.2 Å². The minimum absolute atomic E-state index is 0.0618. The van der Waals surface area contributed by atoms with Crippen LogP contribution >= 0.6 is 0 Å². The molecule has 0 aromatic heterocycles. The number of carboxylic acids is 1. The second-order valence-electron chi connectivity index (χ2n) is 10.7. The normalized spacial score (nSPS) is 30.2. The van der Waals surface area contributed by atoms with Gasteiger partial charge in [-0.05, 0) is 62.6 Å². The Balaban J connectivity index is 2.01. The highest BCUT2D eigenvalue weighted by Crippen LogP contribution is 2.42. The number of hydrogen-bond acceptors (Lipinski definition) is 5. The zero-order valence-electron chi connectivity index (χ0n) is 20.1. The van der Waals surface area contributed by atoms with Crippen LogP contribution in [0.15, 0.2) is 12.2 Å². The van der Waals surface area contributed by atoms with Crippen LogP contribution in [0, 0.1) is 11.8 Å². The minimum Gasteiger partial charge on any atom is -0.481 e. The van der Waals surface area contributed by atoms with Gasteiger partial charge in [0.1, 0.15) is 0 Å². The van der Waals surface area contributed by atoms with Crippen LogP contribution in [0.4, 0.5) is 0 Å². The molecule has 2 aliphatic rings. The number of aliphatic carboxylic acids is 1. The summed E-state index contributed by atoms with van der Waals surface area (Å²) in [4.78, 5) is 10.7. The van der Waals surface area contributed by atoms with Gasteiger partial charge in [-0.15, -0.1) is 0 Å².